The zero-order valence-corrected chi connectivity index (χ0v) is 18.5. The highest BCUT2D eigenvalue weighted by atomic mass is 35.5. The predicted molar refractivity (Wildman–Crippen MR) is 110 cm³/mol. The van der Waals surface area contributed by atoms with Crippen molar-refractivity contribution in [1.29, 1.82) is 0 Å². The van der Waals surface area contributed by atoms with Crippen LogP contribution in [-0.2, 0) is 14.2 Å². The lowest BCUT2D eigenvalue weighted by molar-refractivity contribution is -0.00716. The Bertz CT molecular complexity index is 339. The van der Waals surface area contributed by atoms with Gasteiger partial charge in [-0.2, -0.15) is 0 Å². The Balaban J connectivity index is -0.000000321. The van der Waals surface area contributed by atoms with E-state index in [0.29, 0.717) is 18.9 Å². The molecule has 0 rings (SSSR count). The average molecular weight is 381 g/mol. The molecule has 0 fully saturated rings. The molecule has 4 nitrogen and oxygen atoms in total. The minimum atomic E-state index is -0.158. The van der Waals surface area contributed by atoms with Crippen molar-refractivity contribution < 1.29 is 19.3 Å². The molecule has 0 aromatic rings. The summed E-state index contributed by atoms with van der Waals surface area (Å²) in [6, 6.07) is 0. The summed E-state index contributed by atoms with van der Waals surface area (Å²) < 4.78 is 15.6. The van der Waals surface area contributed by atoms with Crippen molar-refractivity contribution in [3.63, 3.8) is 0 Å². The van der Waals surface area contributed by atoms with Gasteiger partial charge < -0.3 is 19.3 Å². The molecule has 5 heteroatoms. The van der Waals surface area contributed by atoms with Gasteiger partial charge in [0, 0.05) is 33.3 Å². The van der Waals surface area contributed by atoms with Crippen molar-refractivity contribution >= 4 is 11.6 Å². The second kappa shape index (κ2) is 17.0. The highest BCUT2D eigenvalue weighted by Crippen LogP contribution is 2.12. The van der Waals surface area contributed by atoms with Crippen LogP contribution in [0.5, 0.6) is 0 Å². The van der Waals surface area contributed by atoms with E-state index in [9.17, 15) is 0 Å². The summed E-state index contributed by atoms with van der Waals surface area (Å²) in [6.07, 6.45) is 1.61. The number of aliphatic hydroxyl groups is 1. The number of allylic oxidation sites excluding steroid dienone is 1. The first-order valence-corrected chi connectivity index (χ1v) is 9.04. The molecule has 152 valence electrons. The number of ether oxygens (including phenoxy) is 3. The molecule has 0 heterocycles. The molecule has 1 N–H and O–H groups in total. The third-order valence-corrected chi connectivity index (χ3v) is 3.70. The number of rotatable bonds is 10. The van der Waals surface area contributed by atoms with Crippen LogP contribution in [0.4, 0.5) is 0 Å². The Morgan fingerprint density at radius 1 is 0.920 bits per heavy atom. The van der Waals surface area contributed by atoms with Gasteiger partial charge in [-0.3, -0.25) is 0 Å². The summed E-state index contributed by atoms with van der Waals surface area (Å²) in [5.74, 6) is 0.583. The lowest BCUT2D eigenvalue weighted by Crippen LogP contribution is -2.24. The second-order valence-electron chi connectivity index (χ2n) is 7.25. The number of halogens is 1. The van der Waals surface area contributed by atoms with Crippen LogP contribution in [0.1, 0.15) is 54.4 Å². The topological polar surface area (TPSA) is 47.9 Å². The van der Waals surface area contributed by atoms with Gasteiger partial charge in [0.05, 0.1) is 17.8 Å². The summed E-state index contributed by atoms with van der Waals surface area (Å²) in [5, 5.41) is 8.45. The van der Waals surface area contributed by atoms with Crippen LogP contribution in [-0.4, -0.2) is 56.2 Å². The summed E-state index contributed by atoms with van der Waals surface area (Å²) in [4.78, 5) is 0. The molecule has 0 bridgehead atoms. The maximum Gasteiger partial charge on any atom is 0.0671 e. The molecular weight excluding hydrogens is 340 g/mol. The number of hydrogen-bond acceptors (Lipinski definition) is 4. The largest absolute Gasteiger partial charge is 0.396 e. The van der Waals surface area contributed by atoms with Crippen molar-refractivity contribution in [2.24, 2.45) is 0 Å². The van der Waals surface area contributed by atoms with Crippen LogP contribution in [0.25, 0.3) is 0 Å². The summed E-state index contributed by atoms with van der Waals surface area (Å²) in [5.41, 5.74) is 1.85. The second-order valence-corrected chi connectivity index (χ2v) is 7.52. The van der Waals surface area contributed by atoms with E-state index >= 15 is 0 Å². The van der Waals surface area contributed by atoms with Gasteiger partial charge in [-0.05, 0) is 54.4 Å². The first-order chi connectivity index (χ1) is 11.4. The minimum absolute atomic E-state index is 0.0743. The molecule has 0 aliphatic carbocycles. The van der Waals surface area contributed by atoms with E-state index in [2.05, 4.69) is 27.0 Å². The Kier molecular flexibility index (Phi) is 20.0. The Morgan fingerprint density at radius 3 is 1.56 bits per heavy atom. The summed E-state index contributed by atoms with van der Waals surface area (Å²) in [7, 11) is 3.37. The maximum absolute atomic E-state index is 8.45. The number of methoxy groups -OCH3 is 2. The third kappa shape index (κ3) is 28.7. The fourth-order valence-corrected chi connectivity index (χ4v) is 1.04. The number of hydrogen-bond donors (Lipinski definition) is 1. The van der Waals surface area contributed by atoms with E-state index in [-0.39, 0.29) is 17.8 Å². The SMILES string of the molecule is C=C(C)CCl.C=C(C)COCCC(C)(C)OC.COC(C)(C)CCO. The molecule has 0 spiro atoms. The van der Waals surface area contributed by atoms with Gasteiger partial charge in [0.15, 0.2) is 0 Å². The van der Waals surface area contributed by atoms with E-state index in [1.807, 2.05) is 27.7 Å². The Morgan fingerprint density at radius 2 is 1.32 bits per heavy atom. The van der Waals surface area contributed by atoms with Crippen LogP contribution in [0.3, 0.4) is 0 Å². The van der Waals surface area contributed by atoms with Crippen LogP contribution in [0.2, 0.25) is 0 Å². The number of aliphatic hydroxyl groups excluding tert-OH is 1. The van der Waals surface area contributed by atoms with Crippen LogP contribution >= 0.6 is 11.6 Å². The van der Waals surface area contributed by atoms with Gasteiger partial charge >= 0.3 is 0 Å². The molecule has 0 aliphatic heterocycles. The van der Waals surface area contributed by atoms with E-state index in [0.717, 1.165) is 24.2 Å². The van der Waals surface area contributed by atoms with Crippen LogP contribution in [0.15, 0.2) is 24.3 Å². The third-order valence-electron chi connectivity index (χ3n) is 3.24. The standard InChI is InChI=1S/C10H20O2.C6H14O2.C4H7Cl/c1-9(2)8-12-7-6-10(3,4)11-5;1-6(2,8-3)4-5-7;1-4(2)3-5/h1,6-8H2,2-5H3;7H,4-5H2,1-3H3;1,3H2,2H3. The van der Waals surface area contributed by atoms with Crippen molar-refractivity contribution in [3.05, 3.63) is 24.3 Å². The Labute approximate surface area is 161 Å². The Hall–Kier alpha value is -0.390. The molecule has 0 aromatic carbocycles. The first-order valence-electron chi connectivity index (χ1n) is 8.51. The van der Waals surface area contributed by atoms with Crippen LogP contribution in [0, 0.1) is 0 Å². The molecule has 0 amide bonds. The van der Waals surface area contributed by atoms with Crippen molar-refractivity contribution in [1.82, 2.24) is 0 Å². The lowest BCUT2D eigenvalue weighted by Gasteiger charge is -2.22. The van der Waals surface area contributed by atoms with E-state index in [4.69, 9.17) is 30.9 Å². The van der Waals surface area contributed by atoms with Gasteiger partial charge in [0.2, 0.25) is 0 Å². The lowest BCUT2D eigenvalue weighted by atomic mass is 10.1. The molecule has 0 atom stereocenters. The summed E-state index contributed by atoms with van der Waals surface area (Å²) >= 11 is 5.24. The number of alkyl halides is 1. The fourth-order valence-electron chi connectivity index (χ4n) is 1.04. The average Bonchev–Trinajstić information content (AvgIpc) is 2.52. The van der Waals surface area contributed by atoms with Gasteiger partial charge in [-0.25, -0.2) is 0 Å². The zero-order valence-electron chi connectivity index (χ0n) is 17.7. The predicted octanol–water partition coefficient (Wildman–Crippen LogP) is 4.99. The first kappa shape index (κ1) is 29.4. The highest BCUT2D eigenvalue weighted by molar-refractivity contribution is 6.19. The summed E-state index contributed by atoms with van der Waals surface area (Å²) in [6.45, 7) is 20.7. The monoisotopic (exact) mass is 380 g/mol. The molecule has 0 unspecified atom stereocenters. The normalized spacial score (nSPS) is 11.0. The van der Waals surface area contributed by atoms with Gasteiger partial charge in [0.1, 0.15) is 0 Å². The van der Waals surface area contributed by atoms with Crippen molar-refractivity contribution in [3.8, 4) is 0 Å². The van der Waals surface area contributed by atoms with Crippen molar-refractivity contribution in [2.75, 3.05) is 39.9 Å². The quantitative estimate of drug-likeness (QED) is 0.329. The fraction of sp³-hybridized carbons (Fsp3) is 0.800. The van der Waals surface area contributed by atoms with E-state index in [1.54, 1.807) is 14.2 Å². The molecule has 0 aromatic heterocycles. The molecular formula is C20H41ClO4. The highest BCUT2D eigenvalue weighted by Gasteiger charge is 2.15. The molecule has 0 aliphatic rings. The minimum Gasteiger partial charge on any atom is -0.396 e. The molecule has 0 saturated heterocycles. The van der Waals surface area contributed by atoms with Gasteiger partial charge in [-0.1, -0.05) is 24.3 Å². The maximum atomic E-state index is 8.45. The van der Waals surface area contributed by atoms with Crippen molar-refractivity contribution in [2.45, 2.75) is 65.6 Å². The van der Waals surface area contributed by atoms with Crippen LogP contribution < -0.4 is 0 Å². The van der Waals surface area contributed by atoms with Gasteiger partial charge in [0.25, 0.3) is 0 Å². The van der Waals surface area contributed by atoms with E-state index < -0.39 is 0 Å². The van der Waals surface area contributed by atoms with E-state index in [1.165, 1.54) is 0 Å². The zero-order chi connectivity index (χ0) is 20.5. The van der Waals surface area contributed by atoms with Gasteiger partial charge in [-0.15, -0.1) is 11.6 Å². The molecule has 0 radical (unpaired) electrons. The molecule has 0 saturated carbocycles. The molecule has 25 heavy (non-hydrogen) atoms. The smallest absolute Gasteiger partial charge is 0.0671 e.